The van der Waals surface area contributed by atoms with E-state index in [0.717, 1.165) is 11.3 Å². The van der Waals surface area contributed by atoms with E-state index in [4.69, 9.17) is 23.4 Å². The molecule has 12 heteroatoms. The number of ether oxygens (including phenoxy) is 4. The van der Waals surface area contributed by atoms with Crippen LogP contribution < -0.4 is 19.5 Å². The molecule has 0 saturated carbocycles. The van der Waals surface area contributed by atoms with Gasteiger partial charge in [-0.2, -0.15) is 0 Å². The Labute approximate surface area is 213 Å². The summed E-state index contributed by atoms with van der Waals surface area (Å²) in [5, 5.41) is 13.2. The molecule has 1 aromatic carbocycles. The van der Waals surface area contributed by atoms with Gasteiger partial charge in [-0.25, -0.2) is 15.0 Å². The normalized spacial score (nSPS) is 18.2. The van der Waals surface area contributed by atoms with Gasteiger partial charge >= 0.3 is 0 Å². The molecule has 4 heterocycles. The van der Waals surface area contributed by atoms with Crippen molar-refractivity contribution in [2.24, 2.45) is 0 Å². The van der Waals surface area contributed by atoms with E-state index in [1.165, 1.54) is 6.33 Å². The molecule has 3 aromatic heterocycles. The number of anilines is 1. The highest BCUT2D eigenvalue weighted by molar-refractivity contribution is 5.82. The average Bonchev–Trinajstić information content (AvgIpc) is 3.61. The number of rotatable bonds is 10. The van der Waals surface area contributed by atoms with Crippen molar-refractivity contribution < 1.29 is 28.5 Å². The van der Waals surface area contributed by atoms with Gasteiger partial charge in [-0.3, -0.25) is 9.47 Å². The first kappa shape index (κ1) is 24.8. The summed E-state index contributed by atoms with van der Waals surface area (Å²) in [6.07, 6.45) is 4.02. The molecule has 12 nitrogen and oxygen atoms in total. The predicted molar refractivity (Wildman–Crippen MR) is 134 cm³/mol. The van der Waals surface area contributed by atoms with E-state index in [-0.39, 0.29) is 12.7 Å². The summed E-state index contributed by atoms with van der Waals surface area (Å²) in [6, 6.07) is 7.58. The number of furan rings is 1. The monoisotopic (exact) mass is 510 g/mol. The summed E-state index contributed by atoms with van der Waals surface area (Å²) in [4.78, 5) is 15.6. The third-order valence-corrected chi connectivity index (χ3v) is 6.24. The molecule has 2 atom stereocenters. The Balaban J connectivity index is 1.38. The van der Waals surface area contributed by atoms with Gasteiger partial charge in [-0.1, -0.05) is 0 Å². The molecule has 1 aliphatic heterocycles. The molecule has 0 radical (unpaired) electrons. The van der Waals surface area contributed by atoms with Gasteiger partial charge in [0, 0.05) is 19.6 Å². The highest BCUT2D eigenvalue weighted by atomic mass is 16.5. The summed E-state index contributed by atoms with van der Waals surface area (Å²) in [5.41, 5.74) is 2.24. The van der Waals surface area contributed by atoms with E-state index in [1.54, 1.807) is 33.9 Å². The van der Waals surface area contributed by atoms with Gasteiger partial charge in [-0.05, 0) is 29.8 Å². The van der Waals surface area contributed by atoms with Crippen molar-refractivity contribution in [1.82, 2.24) is 24.4 Å². The Hall–Kier alpha value is -3.87. The largest absolute Gasteiger partial charge is 0.493 e. The molecule has 37 heavy (non-hydrogen) atoms. The lowest BCUT2D eigenvalue weighted by Gasteiger charge is -2.38. The Bertz CT molecular complexity index is 1300. The smallest absolute Gasteiger partial charge is 0.203 e. The number of benzene rings is 1. The first-order valence-corrected chi connectivity index (χ1v) is 11.8. The van der Waals surface area contributed by atoms with E-state index >= 15 is 0 Å². The van der Waals surface area contributed by atoms with Crippen molar-refractivity contribution in [3.63, 3.8) is 0 Å². The van der Waals surface area contributed by atoms with Crippen molar-refractivity contribution in [3.8, 4) is 17.2 Å². The fraction of sp³-hybridized carbons (Fsp3) is 0.400. The van der Waals surface area contributed by atoms with Crippen LogP contribution in [0, 0.1) is 0 Å². The number of nitrogens with zero attached hydrogens (tertiary/aromatic N) is 5. The van der Waals surface area contributed by atoms with Gasteiger partial charge in [0.25, 0.3) is 0 Å². The number of aliphatic hydroxyl groups is 1. The highest BCUT2D eigenvalue weighted by Crippen LogP contribution is 2.39. The van der Waals surface area contributed by atoms with Gasteiger partial charge in [0.15, 0.2) is 28.5 Å². The Kier molecular flexibility index (Phi) is 7.40. The first-order chi connectivity index (χ1) is 18.1. The summed E-state index contributed by atoms with van der Waals surface area (Å²) >= 11 is 0. The lowest BCUT2D eigenvalue weighted by Crippen LogP contribution is -2.46. The SMILES string of the molecule is COc1cc(CN2C[C@@H](CO)O[C@@H](n3cnc4c(NCc5ccco5)ncnc43)C2)cc(OC)c1OC. The van der Waals surface area contributed by atoms with Crippen LogP contribution in [-0.4, -0.2) is 76.7 Å². The molecule has 1 saturated heterocycles. The van der Waals surface area contributed by atoms with Crippen LogP contribution in [0.3, 0.4) is 0 Å². The standard InChI is InChI=1S/C25H30N6O6/c1-33-19-7-16(8-20(34-2)23(19)35-3)10-30-11-18(13-32)37-21(12-30)31-15-29-22-24(27-14-28-25(22)31)26-9-17-5-4-6-36-17/h4-8,14-15,18,21,32H,9-13H2,1-3H3,(H,26,27,28)/t18-,21+/m0/s1. The van der Waals surface area contributed by atoms with Crippen molar-refractivity contribution >= 4 is 17.0 Å². The number of methoxy groups -OCH3 is 3. The predicted octanol–water partition coefficient (Wildman–Crippen LogP) is 2.45. The Morgan fingerprint density at radius 1 is 1.08 bits per heavy atom. The van der Waals surface area contributed by atoms with Gasteiger partial charge < -0.3 is 33.8 Å². The second kappa shape index (κ2) is 11.0. The summed E-state index contributed by atoms with van der Waals surface area (Å²) in [7, 11) is 4.77. The first-order valence-electron chi connectivity index (χ1n) is 11.8. The molecule has 196 valence electrons. The lowest BCUT2D eigenvalue weighted by atomic mass is 10.1. The van der Waals surface area contributed by atoms with Crippen LogP contribution in [0.1, 0.15) is 17.6 Å². The zero-order valence-electron chi connectivity index (χ0n) is 21.0. The van der Waals surface area contributed by atoms with Gasteiger partial charge in [0.1, 0.15) is 18.3 Å². The third-order valence-electron chi connectivity index (χ3n) is 6.24. The second-order valence-electron chi connectivity index (χ2n) is 8.60. The zero-order chi connectivity index (χ0) is 25.8. The van der Waals surface area contributed by atoms with Gasteiger partial charge in [-0.15, -0.1) is 0 Å². The van der Waals surface area contributed by atoms with E-state index in [1.807, 2.05) is 28.8 Å². The molecule has 4 aromatic rings. The summed E-state index contributed by atoms with van der Waals surface area (Å²) in [5.74, 6) is 3.11. The van der Waals surface area contributed by atoms with Crippen LogP contribution in [0.4, 0.5) is 5.82 Å². The van der Waals surface area contributed by atoms with Gasteiger partial charge in [0.2, 0.25) is 5.75 Å². The molecule has 0 unspecified atom stereocenters. The number of nitrogens with one attached hydrogen (secondary N) is 1. The van der Waals surface area contributed by atoms with Crippen molar-refractivity contribution in [2.45, 2.75) is 25.4 Å². The number of aromatic nitrogens is 4. The summed E-state index contributed by atoms with van der Waals surface area (Å²) in [6.45, 7) is 2.06. The molecular formula is C25H30N6O6. The molecule has 0 amide bonds. The van der Waals surface area contributed by atoms with Crippen LogP contribution in [0.15, 0.2) is 47.6 Å². The fourth-order valence-corrected chi connectivity index (χ4v) is 4.54. The molecule has 1 fully saturated rings. The molecule has 2 N–H and O–H groups in total. The van der Waals surface area contributed by atoms with Crippen LogP contribution in [0.25, 0.3) is 11.2 Å². The van der Waals surface area contributed by atoms with Crippen molar-refractivity contribution in [1.29, 1.82) is 0 Å². The minimum Gasteiger partial charge on any atom is -0.493 e. The highest BCUT2D eigenvalue weighted by Gasteiger charge is 2.30. The molecule has 0 bridgehead atoms. The van der Waals surface area contributed by atoms with Crippen LogP contribution in [0.5, 0.6) is 17.2 Å². The third kappa shape index (κ3) is 5.17. The minimum absolute atomic E-state index is 0.111. The van der Waals surface area contributed by atoms with E-state index in [2.05, 4.69) is 25.2 Å². The maximum Gasteiger partial charge on any atom is 0.203 e. The lowest BCUT2D eigenvalue weighted by molar-refractivity contribution is -0.135. The summed E-state index contributed by atoms with van der Waals surface area (Å²) < 4.78 is 29.9. The maximum absolute atomic E-state index is 9.96. The number of aliphatic hydroxyl groups excluding tert-OH is 1. The molecule has 0 spiro atoms. The average molecular weight is 511 g/mol. The van der Waals surface area contributed by atoms with E-state index in [9.17, 15) is 5.11 Å². The molecular weight excluding hydrogens is 480 g/mol. The van der Waals surface area contributed by atoms with E-state index < -0.39 is 6.23 Å². The maximum atomic E-state index is 9.96. The Morgan fingerprint density at radius 3 is 2.57 bits per heavy atom. The topological polar surface area (TPSA) is 129 Å². The number of imidazole rings is 1. The van der Waals surface area contributed by atoms with Crippen LogP contribution in [0.2, 0.25) is 0 Å². The van der Waals surface area contributed by atoms with Crippen LogP contribution in [-0.2, 0) is 17.8 Å². The van der Waals surface area contributed by atoms with Gasteiger partial charge in [0.05, 0.1) is 53.2 Å². The quantitative estimate of drug-likeness (QED) is 0.326. The number of hydrogen-bond acceptors (Lipinski definition) is 11. The molecule has 1 aliphatic rings. The van der Waals surface area contributed by atoms with E-state index in [0.29, 0.717) is 60.4 Å². The number of hydrogen-bond donors (Lipinski definition) is 2. The second-order valence-corrected chi connectivity index (χ2v) is 8.60. The number of morpholine rings is 1. The van der Waals surface area contributed by atoms with Crippen molar-refractivity contribution in [2.75, 3.05) is 46.3 Å². The van der Waals surface area contributed by atoms with Crippen molar-refractivity contribution in [3.05, 3.63) is 54.5 Å². The van der Waals surface area contributed by atoms with Crippen LogP contribution >= 0.6 is 0 Å². The zero-order valence-corrected chi connectivity index (χ0v) is 21.0. The Morgan fingerprint density at radius 2 is 1.89 bits per heavy atom. The minimum atomic E-state index is -0.411. The number of fused-ring (bicyclic) bond motifs is 1. The molecule has 5 rings (SSSR count). The fourth-order valence-electron chi connectivity index (χ4n) is 4.54. The molecule has 0 aliphatic carbocycles.